The normalized spacial score (nSPS) is 12.5. The minimum absolute atomic E-state index is 0.0867. The Morgan fingerprint density at radius 3 is 2.79 bits per heavy atom. The van der Waals surface area contributed by atoms with E-state index in [2.05, 4.69) is 37.9 Å². The Labute approximate surface area is 101 Å². The molecule has 1 aromatic carbocycles. The SMILES string of the molecule is CC(Cc1cccc(Br)c1)C(=O)CBr. The number of carbonyl (C=O) groups is 1. The lowest BCUT2D eigenvalue weighted by Crippen LogP contribution is -2.14. The highest BCUT2D eigenvalue weighted by molar-refractivity contribution is 9.10. The van der Waals surface area contributed by atoms with Crippen LogP contribution in [0.5, 0.6) is 0 Å². The van der Waals surface area contributed by atoms with E-state index in [9.17, 15) is 4.79 Å². The van der Waals surface area contributed by atoms with Crippen molar-refractivity contribution in [2.45, 2.75) is 13.3 Å². The van der Waals surface area contributed by atoms with Crippen LogP contribution in [-0.4, -0.2) is 11.1 Å². The van der Waals surface area contributed by atoms with E-state index in [1.54, 1.807) is 0 Å². The lowest BCUT2D eigenvalue weighted by Gasteiger charge is -2.08. The van der Waals surface area contributed by atoms with Crippen LogP contribution in [0.4, 0.5) is 0 Å². The first-order chi connectivity index (χ1) is 6.63. The Morgan fingerprint density at radius 1 is 1.50 bits per heavy atom. The second kappa shape index (κ2) is 5.66. The fourth-order valence-electron chi connectivity index (χ4n) is 1.26. The molecule has 0 aromatic heterocycles. The third-order valence-corrected chi connectivity index (χ3v) is 3.16. The molecule has 0 spiro atoms. The zero-order chi connectivity index (χ0) is 10.6. The van der Waals surface area contributed by atoms with Gasteiger partial charge in [-0.05, 0) is 24.1 Å². The molecule has 0 heterocycles. The molecule has 0 N–H and O–H groups in total. The minimum atomic E-state index is 0.0867. The van der Waals surface area contributed by atoms with Gasteiger partial charge in [0.25, 0.3) is 0 Å². The van der Waals surface area contributed by atoms with E-state index >= 15 is 0 Å². The number of alkyl halides is 1. The number of benzene rings is 1. The Bertz CT molecular complexity index is 323. The average Bonchev–Trinajstić information content (AvgIpc) is 2.16. The van der Waals surface area contributed by atoms with Crippen molar-refractivity contribution in [3.63, 3.8) is 0 Å². The first-order valence-corrected chi connectivity index (χ1v) is 6.38. The highest BCUT2D eigenvalue weighted by atomic mass is 79.9. The van der Waals surface area contributed by atoms with Gasteiger partial charge in [0.05, 0.1) is 5.33 Å². The van der Waals surface area contributed by atoms with Gasteiger partial charge in [-0.15, -0.1) is 0 Å². The van der Waals surface area contributed by atoms with Crippen molar-refractivity contribution in [1.29, 1.82) is 0 Å². The molecule has 0 amide bonds. The number of ketones is 1. The van der Waals surface area contributed by atoms with Crippen LogP contribution in [0.1, 0.15) is 12.5 Å². The number of hydrogen-bond acceptors (Lipinski definition) is 1. The van der Waals surface area contributed by atoms with Crippen molar-refractivity contribution in [1.82, 2.24) is 0 Å². The zero-order valence-electron chi connectivity index (χ0n) is 7.97. The summed E-state index contributed by atoms with van der Waals surface area (Å²) >= 11 is 6.60. The number of halogens is 2. The maximum atomic E-state index is 11.3. The quantitative estimate of drug-likeness (QED) is 0.775. The van der Waals surface area contributed by atoms with Crippen molar-refractivity contribution >= 4 is 37.6 Å². The monoisotopic (exact) mass is 318 g/mol. The van der Waals surface area contributed by atoms with Gasteiger partial charge in [0.2, 0.25) is 0 Å². The maximum absolute atomic E-state index is 11.3. The summed E-state index contributed by atoms with van der Waals surface area (Å²) in [6.45, 7) is 1.96. The van der Waals surface area contributed by atoms with Crippen molar-refractivity contribution in [3.8, 4) is 0 Å². The molecule has 0 bridgehead atoms. The molecule has 0 aliphatic carbocycles. The van der Waals surface area contributed by atoms with Crippen LogP contribution in [0.25, 0.3) is 0 Å². The predicted octanol–water partition coefficient (Wildman–Crippen LogP) is 3.59. The maximum Gasteiger partial charge on any atom is 0.146 e. The Kier molecular flexibility index (Phi) is 4.82. The molecule has 3 heteroatoms. The molecular weight excluding hydrogens is 308 g/mol. The molecule has 0 aliphatic rings. The van der Waals surface area contributed by atoms with Gasteiger partial charge in [-0.3, -0.25) is 4.79 Å². The molecule has 1 unspecified atom stereocenters. The molecular formula is C11H12Br2O. The fraction of sp³-hybridized carbons (Fsp3) is 0.364. The van der Waals surface area contributed by atoms with Crippen LogP contribution in [0.15, 0.2) is 28.7 Å². The van der Waals surface area contributed by atoms with Gasteiger partial charge in [0.15, 0.2) is 0 Å². The first-order valence-electron chi connectivity index (χ1n) is 4.46. The summed E-state index contributed by atoms with van der Waals surface area (Å²) in [5.41, 5.74) is 1.20. The molecule has 1 rings (SSSR count). The lowest BCUT2D eigenvalue weighted by atomic mass is 9.98. The molecule has 0 radical (unpaired) electrons. The standard InChI is InChI=1S/C11H12Br2O/c1-8(11(14)7-12)5-9-3-2-4-10(13)6-9/h2-4,6,8H,5,7H2,1H3. The molecule has 1 atom stereocenters. The predicted molar refractivity (Wildman–Crippen MR) is 65.8 cm³/mol. The number of carbonyl (C=O) groups excluding carboxylic acids is 1. The van der Waals surface area contributed by atoms with E-state index in [1.165, 1.54) is 5.56 Å². The van der Waals surface area contributed by atoms with Crippen LogP contribution in [0.3, 0.4) is 0 Å². The van der Waals surface area contributed by atoms with Crippen molar-refractivity contribution in [2.24, 2.45) is 5.92 Å². The number of Topliss-reactive ketones (excluding diaryl/α,β-unsaturated/α-hetero) is 1. The van der Waals surface area contributed by atoms with E-state index in [-0.39, 0.29) is 11.7 Å². The molecule has 76 valence electrons. The van der Waals surface area contributed by atoms with E-state index in [0.29, 0.717) is 5.33 Å². The Morgan fingerprint density at radius 2 is 2.21 bits per heavy atom. The topological polar surface area (TPSA) is 17.1 Å². The van der Waals surface area contributed by atoms with Crippen molar-refractivity contribution in [3.05, 3.63) is 34.3 Å². The van der Waals surface area contributed by atoms with E-state index < -0.39 is 0 Å². The molecule has 1 nitrogen and oxygen atoms in total. The summed E-state index contributed by atoms with van der Waals surface area (Å²) in [4.78, 5) is 11.3. The lowest BCUT2D eigenvalue weighted by molar-refractivity contribution is -0.119. The highest BCUT2D eigenvalue weighted by Crippen LogP contribution is 2.15. The minimum Gasteiger partial charge on any atom is -0.298 e. The summed E-state index contributed by atoms with van der Waals surface area (Å²) in [5, 5.41) is 0.447. The second-order valence-electron chi connectivity index (χ2n) is 3.34. The smallest absolute Gasteiger partial charge is 0.146 e. The molecule has 0 fully saturated rings. The van der Waals surface area contributed by atoms with Crippen LogP contribution in [0, 0.1) is 5.92 Å². The summed E-state index contributed by atoms with van der Waals surface area (Å²) in [6.07, 6.45) is 0.809. The van der Waals surface area contributed by atoms with Gasteiger partial charge in [0, 0.05) is 10.4 Å². The summed E-state index contributed by atoms with van der Waals surface area (Å²) in [7, 11) is 0. The number of rotatable bonds is 4. The van der Waals surface area contributed by atoms with Gasteiger partial charge >= 0.3 is 0 Å². The summed E-state index contributed by atoms with van der Waals surface area (Å²) < 4.78 is 1.06. The fourth-order valence-corrected chi connectivity index (χ4v) is 2.26. The molecule has 1 aromatic rings. The zero-order valence-corrected chi connectivity index (χ0v) is 11.1. The average molecular weight is 320 g/mol. The first kappa shape index (κ1) is 11.9. The van der Waals surface area contributed by atoms with Gasteiger partial charge in [-0.2, -0.15) is 0 Å². The van der Waals surface area contributed by atoms with E-state index in [1.807, 2.05) is 25.1 Å². The second-order valence-corrected chi connectivity index (χ2v) is 4.81. The van der Waals surface area contributed by atoms with E-state index in [0.717, 1.165) is 10.9 Å². The van der Waals surface area contributed by atoms with Crippen LogP contribution < -0.4 is 0 Å². The third-order valence-electron chi connectivity index (χ3n) is 2.11. The summed E-state index contributed by atoms with van der Waals surface area (Å²) in [5.74, 6) is 0.341. The van der Waals surface area contributed by atoms with Crippen LogP contribution in [-0.2, 0) is 11.2 Å². The molecule has 0 aliphatic heterocycles. The highest BCUT2D eigenvalue weighted by Gasteiger charge is 2.11. The Balaban J connectivity index is 2.64. The summed E-state index contributed by atoms with van der Waals surface area (Å²) in [6, 6.07) is 8.08. The van der Waals surface area contributed by atoms with Gasteiger partial charge < -0.3 is 0 Å². The largest absolute Gasteiger partial charge is 0.298 e. The van der Waals surface area contributed by atoms with Gasteiger partial charge in [-0.25, -0.2) is 0 Å². The molecule has 0 saturated heterocycles. The molecule has 0 saturated carbocycles. The van der Waals surface area contributed by atoms with Gasteiger partial charge in [-0.1, -0.05) is 50.9 Å². The Hall–Kier alpha value is -0.150. The van der Waals surface area contributed by atoms with Gasteiger partial charge in [0.1, 0.15) is 5.78 Å². The van der Waals surface area contributed by atoms with Crippen molar-refractivity contribution in [2.75, 3.05) is 5.33 Å². The molecule has 14 heavy (non-hydrogen) atoms. The van der Waals surface area contributed by atoms with E-state index in [4.69, 9.17) is 0 Å². The third kappa shape index (κ3) is 3.54. The van der Waals surface area contributed by atoms with Crippen LogP contribution in [0.2, 0.25) is 0 Å². The van der Waals surface area contributed by atoms with Crippen molar-refractivity contribution < 1.29 is 4.79 Å². The number of hydrogen-bond donors (Lipinski definition) is 0. The van der Waals surface area contributed by atoms with Crippen LogP contribution >= 0.6 is 31.9 Å².